The van der Waals surface area contributed by atoms with Gasteiger partial charge in [-0.25, -0.2) is 9.67 Å². The fourth-order valence-corrected chi connectivity index (χ4v) is 0.555. The molecule has 0 aromatic carbocycles. The van der Waals surface area contributed by atoms with Gasteiger partial charge in [0.05, 0.1) is 0 Å². The number of aromatic nitrogens is 3. The first-order chi connectivity index (χ1) is 4.20. The molecule has 1 rings (SSSR count). The predicted octanol–water partition coefficient (Wildman–Crippen LogP) is 0.968. The summed E-state index contributed by atoms with van der Waals surface area (Å²) in [7, 11) is 0. The Kier molecular flexibility index (Phi) is 1.51. The highest BCUT2D eigenvalue weighted by atomic mass is 15.3. The van der Waals surface area contributed by atoms with Crippen LogP contribution in [0.3, 0.4) is 0 Å². The van der Waals surface area contributed by atoms with Gasteiger partial charge < -0.3 is 0 Å². The maximum Gasteiger partial charge on any atom is 0.196 e. The lowest BCUT2D eigenvalue weighted by molar-refractivity contribution is 0.524. The van der Waals surface area contributed by atoms with Crippen molar-refractivity contribution in [2.24, 2.45) is 0 Å². The summed E-state index contributed by atoms with van der Waals surface area (Å²) in [5, 5.41) is 4.06. The Bertz CT molecular complexity index is 190. The summed E-state index contributed by atoms with van der Waals surface area (Å²) in [5.74, 6) is 0.781. The average Bonchev–Trinajstić information content (AvgIpc) is 2.14. The van der Waals surface area contributed by atoms with E-state index in [1.54, 1.807) is 4.68 Å². The second-order valence-electron chi connectivity index (χ2n) is 2.30. The van der Waals surface area contributed by atoms with Gasteiger partial charge in [-0.1, -0.05) is 0 Å². The maximum atomic E-state index is 4.06. The van der Waals surface area contributed by atoms with E-state index >= 15 is 0 Å². The third-order valence-electron chi connectivity index (χ3n) is 1.06. The van der Waals surface area contributed by atoms with Crippen LogP contribution in [0.4, 0.5) is 0 Å². The summed E-state index contributed by atoms with van der Waals surface area (Å²) in [6.45, 7) is 5.95. The Morgan fingerprint density at radius 2 is 2.22 bits per heavy atom. The summed E-state index contributed by atoms with van der Waals surface area (Å²) >= 11 is 0. The molecule has 0 saturated heterocycles. The van der Waals surface area contributed by atoms with Gasteiger partial charge in [-0.05, 0) is 20.8 Å². The summed E-state index contributed by atoms with van der Waals surface area (Å²) in [6.07, 6.45) is 2.76. The first-order valence-electron chi connectivity index (χ1n) is 3.01. The van der Waals surface area contributed by atoms with Gasteiger partial charge in [-0.3, -0.25) is 0 Å². The lowest BCUT2D eigenvalue weighted by Crippen LogP contribution is -2.00. The van der Waals surface area contributed by atoms with E-state index in [2.05, 4.69) is 16.4 Å². The lowest BCUT2D eigenvalue weighted by Gasteiger charge is -1.99. The predicted molar refractivity (Wildman–Crippen MR) is 34.0 cm³/mol. The second kappa shape index (κ2) is 2.17. The Morgan fingerprint density at radius 1 is 1.56 bits per heavy atom. The van der Waals surface area contributed by atoms with E-state index in [1.165, 1.54) is 0 Å². The zero-order valence-corrected chi connectivity index (χ0v) is 5.92. The van der Waals surface area contributed by atoms with Crippen LogP contribution in [-0.4, -0.2) is 14.8 Å². The third-order valence-corrected chi connectivity index (χ3v) is 1.06. The molecule has 3 nitrogen and oxygen atoms in total. The van der Waals surface area contributed by atoms with Gasteiger partial charge >= 0.3 is 0 Å². The SMILES string of the molecule is Cc1n[c]n(C(C)C)n1. The van der Waals surface area contributed by atoms with Gasteiger partial charge in [0.2, 0.25) is 0 Å². The fourth-order valence-electron chi connectivity index (χ4n) is 0.555. The molecule has 0 unspecified atom stereocenters. The molecule has 0 amide bonds. The maximum absolute atomic E-state index is 4.06. The van der Waals surface area contributed by atoms with E-state index in [1.807, 2.05) is 20.8 Å². The van der Waals surface area contributed by atoms with E-state index in [0.29, 0.717) is 6.04 Å². The smallest absolute Gasteiger partial charge is 0.196 e. The monoisotopic (exact) mass is 124 g/mol. The third kappa shape index (κ3) is 1.28. The minimum atomic E-state index is 0.367. The van der Waals surface area contributed by atoms with Gasteiger partial charge in [0.15, 0.2) is 6.33 Å². The summed E-state index contributed by atoms with van der Waals surface area (Å²) in [6, 6.07) is 0.367. The molecule has 0 saturated carbocycles. The van der Waals surface area contributed by atoms with Crippen LogP contribution < -0.4 is 0 Å². The van der Waals surface area contributed by atoms with Crippen molar-refractivity contribution in [3.63, 3.8) is 0 Å². The van der Waals surface area contributed by atoms with Crippen LogP contribution >= 0.6 is 0 Å². The molecule has 3 heteroatoms. The Labute approximate surface area is 54.7 Å². The van der Waals surface area contributed by atoms with Crippen LogP contribution in [0.5, 0.6) is 0 Å². The van der Waals surface area contributed by atoms with Crippen LogP contribution in [0.15, 0.2) is 0 Å². The summed E-state index contributed by atoms with van der Waals surface area (Å²) in [4.78, 5) is 3.86. The van der Waals surface area contributed by atoms with Crippen LogP contribution in [0.25, 0.3) is 0 Å². The molecule has 0 fully saturated rings. The highest BCUT2D eigenvalue weighted by Gasteiger charge is 1.98. The molecule has 0 aliphatic rings. The number of hydrogen-bond acceptors (Lipinski definition) is 2. The molecule has 0 aliphatic carbocycles. The Hall–Kier alpha value is -0.860. The quantitative estimate of drug-likeness (QED) is 0.558. The number of hydrogen-bond donors (Lipinski definition) is 0. The largest absolute Gasteiger partial charge is 0.240 e. The lowest BCUT2D eigenvalue weighted by atomic mass is 10.4. The summed E-state index contributed by atoms with van der Waals surface area (Å²) < 4.78 is 1.72. The molecule has 0 N–H and O–H groups in total. The minimum absolute atomic E-state index is 0.367. The highest BCUT2D eigenvalue weighted by Crippen LogP contribution is 1.98. The molecule has 49 valence electrons. The topological polar surface area (TPSA) is 30.7 Å². The van der Waals surface area contributed by atoms with Crippen molar-refractivity contribution < 1.29 is 0 Å². The van der Waals surface area contributed by atoms with Crippen molar-refractivity contribution in [3.05, 3.63) is 12.2 Å². The number of rotatable bonds is 1. The van der Waals surface area contributed by atoms with Gasteiger partial charge in [0, 0.05) is 6.04 Å². The van der Waals surface area contributed by atoms with Gasteiger partial charge in [-0.2, -0.15) is 5.10 Å². The summed E-state index contributed by atoms with van der Waals surface area (Å²) in [5.41, 5.74) is 0. The molecule has 0 aliphatic heterocycles. The van der Waals surface area contributed by atoms with E-state index in [4.69, 9.17) is 0 Å². The van der Waals surface area contributed by atoms with Crippen LogP contribution in [-0.2, 0) is 0 Å². The molecule has 1 aromatic rings. The van der Waals surface area contributed by atoms with Crippen LogP contribution in [0.1, 0.15) is 25.7 Å². The van der Waals surface area contributed by atoms with Crippen molar-refractivity contribution in [1.82, 2.24) is 14.8 Å². The van der Waals surface area contributed by atoms with Crippen molar-refractivity contribution in [2.45, 2.75) is 26.8 Å². The van der Waals surface area contributed by atoms with Crippen LogP contribution in [0, 0.1) is 13.3 Å². The van der Waals surface area contributed by atoms with Crippen molar-refractivity contribution in [2.75, 3.05) is 0 Å². The van der Waals surface area contributed by atoms with E-state index in [9.17, 15) is 0 Å². The minimum Gasteiger partial charge on any atom is -0.240 e. The fraction of sp³-hybridized carbons (Fsp3) is 0.667. The molecular formula is C6H10N3. The highest BCUT2D eigenvalue weighted by molar-refractivity contribution is 4.74. The Balaban J connectivity index is 2.85. The average molecular weight is 124 g/mol. The van der Waals surface area contributed by atoms with E-state index < -0.39 is 0 Å². The zero-order valence-electron chi connectivity index (χ0n) is 5.92. The van der Waals surface area contributed by atoms with Crippen molar-refractivity contribution in [3.8, 4) is 0 Å². The molecule has 1 aromatic heterocycles. The molecule has 9 heavy (non-hydrogen) atoms. The normalized spacial score (nSPS) is 10.7. The Morgan fingerprint density at radius 3 is 2.44 bits per heavy atom. The van der Waals surface area contributed by atoms with Gasteiger partial charge in [0.25, 0.3) is 0 Å². The van der Waals surface area contributed by atoms with Gasteiger partial charge in [-0.15, -0.1) is 0 Å². The molecule has 0 bridgehead atoms. The van der Waals surface area contributed by atoms with Crippen molar-refractivity contribution >= 4 is 0 Å². The van der Waals surface area contributed by atoms with Gasteiger partial charge in [0.1, 0.15) is 5.82 Å². The standard InChI is InChI=1S/C6H10N3/c1-5(2)9-4-7-6(3)8-9/h5H,1-3H3. The second-order valence-corrected chi connectivity index (χ2v) is 2.30. The number of nitrogens with zero attached hydrogens (tertiary/aromatic N) is 3. The first-order valence-corrected chi connectivity index (χ1v) is 3.01. The molecule has 0 atom stereocenters. The van der Waals surface area contributed by atoms with Crippen molar-refractivity contribution in [1.29, 1.82) is 0 Å². The molecule has 0 spiro atoms. The molecule has 1 heterocycles. The first kappa shape index (κ1) is 6.26. The molecular weight excluding hydrogens is 114 g/mol. The van der Waals surface area contributed by atoms with E-state index in [0.717, 1.165) is 5.82 Å². The zero-order chi connectivity index (χ0) is 6.85. The van der Waals surface area contributed by atoms with E-state index in [-0.39, 0.29) is 0 Å². The molecule has 1 radical (unpaired) electrons. The number of aryl methyl sites for hydroxylation is 1. The van der Waals surface area contributed by atoms with Crippen LogP contribution in [0.2, 0.25) is 0 Å².